The molecule has 4 rings (SSSR count). The van der Waals surface area contributed by atoms with E-state index in [1.165, 1.54) is 0 Å². The number of aromatic hydroxyl groups is 2. The summed E-state index contributed by atoms with van der Waals surface area (Å²) in [5, 5.41) is 27.7. The average molecular weight is 412 g/mol. The zero-order valence-corrected chi connectivity index (χ0v) is 17.2. The van der Waals surface area contributed by atoms with E-state index in [4.69, 9.17) is 0 Å². The van der Waals surface area contributed by atoms with Crippen molar-refractivity contribution in [2.45, 2.75) is 0 Å². The van der Waals surface area contributed by atoms with E-state index in [0.29, 0.717) is 13.1 Å². The first-order chi connectivity index (χ1) is 15.2. The van der Waals surface area contributed by atoms with E-state index in [-0.39, 0.29) is 11.5 Å². The fraction of sp³-hybridized carbons (Fsp3) is 0.154. The lowest BCUT2D eigenvalue weighted by Crippen LogP contribution is -2.20. The van der Waals surface area contributed by atoms with Crippen molar-refractivity contribution in [1.29, 1.82) is 0 Å². The number of benzene rings is 4. The summed E-state index contributed by atoms with van der Waals surface area (Å²) in [6.07, 6.45) is 3.47. The summed E-state index contributed by atoms with van der Waals surface area (Å²) >= 11 is 0. The lowest BCUT2D eigenvalue weighted by Gasteiger charge is -2.05. The summed E-state index contributed by atoms with van der Waals surface area (Å²) in [4.78, 5) is 8.89. The van der Waals surface area contributed by atoms with Crippen molar-refractivity contribution >= 4 is 34.0 Å². The SMILES string of the molecule is Oc1ccc2ccccc2c1C=NCCNCCN=Cc1c(O)ccc2ccccc12. The molecule has 0 aliphatic heterocycles. The van der Waals surface area contributed by atoms with Gasteiger partial charge < -0.3 is 15.5 Å². The highest BCUT2D eigenvalue weighted by Crippen LogP contribution is 2.26. The normalized spacial score (nSPS) is 11.9. The zero-order valence-electron chi connectivity index (χ0n) is 17.2. The van der Waals surface area contributed by atoms with Gasteiger partial charge in [-0.1, -0.05) is 60.7 Å². The molecule has 0 heterocycles. The first kappa shape index (κ1) is 20.6. The van der Waals surface area contributed by atoms with Crippen LogP contribution in [0.4, 0.5) is 0 Å². The highest BCUT2D eigenvalue weighted by Gasteiger charge is 2.04. The second kappa shape index (κ2) is 9.87. The molecule has 0 aliphatic carbocycles. The second-order valence-electron chi connectivity index (χ2n) is 7.26. The lowest BCUT2D eigenvalue weighted by atomic mass is 10.0. The maximum Gasteiger partial charge on any atom is 0.124 e. The van der Waals surface area contributed by atoms with E-state index in [9.17, 15) is 10.2 Å². The minimum absolute atomic E-state index is 0.237. The quantitative estimate of drug-likeness (QED) is 0.294. The number of aliphatic imine (C=N–C) groups is 2. The van der Waals surface area contributed by atoms with Crippen LogP contribution in [0, 0.1) is 0 Å². The van der Waals surface area contributed by atoms with Crippen molar-refractivity contribution < 1.29 is 10.2 Å². The third kappa shape index (κ3) is 4.90. The van der Waals surface area contributed by atoms with Crippen LogP contribution in [0.2, 0.25) is 0 Å². The van der Waals surface area contributed by atoms with Crippen LogP contribution < -0.4 is 5.32 Å². The van der Waals surface area contributed by atoms with Gasteiger partial charge in [-0.25, -0.2) is 0 Å². The van der Waals surface area contributed by atoms with Gasteiger partial charge in [0.15, 0.2) is 0 Å². The Morgan fingerprint density at radius 2 is 1.06 bits per heavy atom. The molecule has 0 atom stereocenters. The molecule has 4 aromatic rings. The van der Waals surface area contributed by atoms with Crippen LogP contribution >= 0.6 is 0 Å². The maximum atomic E-state index is 10.1. The predicted molar refractivity (Wildman–Crippen MR) is 129 cm³/mol. The van der Waals surface area contributed by atoms with Crippen LogP contribution in [0.15, 0.2) is 82.8 Å². The number of fused-ring (bicyclic) bond motifs is 2. The molecule has 0 aromatic heterocycles. The zero-order chi connectivity index (χ0) is 21.5. The summed E-state index contributed by atoms with van der Waals surface area (Å²) < 4.78 is 0. The maximum absolute atomic E-state index is 10.1. The molecular weight excluding hydrogens is 386 g/mol. The molecule has 5 heteroatoms. The molecule has 0 aliphatic rings. The molecule has 5 nitrogen and oxygen atoms in total. The summed E-state index contributed by atoms with van der Waals surface area (Å²) in [6.45, 7) is 2.65. The van der Waals surface area contributed by atoms with E-state index in [2.05, 4.69) is 15.3 Å². The van der Waals surface area contributed by atoms with Gasteiger partial charge in [0.2, 0.25) is 0 Å². The first-order valence-electron chi connectivity index (χ1n) is 10.4. The largest absolute Gasteiger partial charge is 0.507 e. The minimum atomic E-state index is 0.237. The smallest absolute Gasteiger partial charge is 0.124 e. The number of nitrogens with one attached hydrogen (secondary N) is 1. The third-order valence-corrected chi connectivity index (χ3v) is 5.17. The topological polar surface area (TPSA) is 77.2 Å². The van der Waals surface area contributed by atoms with Crippen LogP contribution in [0.1, 0.15) is 11.1 Å². The van der Waals surface area contributed by atoms with Crippen LogP contribution in [-0.4, -0.2) is 48.8 Å². The molecule has 0 radical (unpaired) electrons. The number of phenolic OH excluding ortho intramolecular Hbond substituents is 2. The number of hydrogen-bond donors (Lipinski definition) is 3. The van der Waals surface area contributed by atoms with Crippen LogP contribution in [0.25, 0.3) is 21.5 Å². The van der Waals surface area contributed by atoms with E-state index < -0.39 is 0 Å². The monoisotopic (exact) mass is 411 g/mol. The van der Waals surface area contributed by atoms with Gasteiger partial charge in [0.05, 0.1) is 13.1 Å². The highest BCUT2D eigenvalue weighted by molar-refractivity contribution is 6.03. The first-order valence-corrected chi connectivity index (χ1v) is 10.4. The lowest BCUT2D eigenvalue weighted by molar-refractivity contribution is 0.475. The van der Waals surface area contributed by atoms with Crippen molar-refractivity contribution in [1.82, 2.24) is 5.32 Å². The Morgan fingerprint density at radius 3 is 1.55 bits per heavy atom. The fourth-order valence-electron chi connectivity index (χ4n) is 3.56. The average Bonchev–Trinajstić information content (AvgIpc) is 2.80. The molecule has 31 heavy (non-hydrogen) atoms. The summed E-state index contributed by atoms with van der Waals surface area (Å²) in [7, 11) is 0. The van der Waals surface area contributed by atoms with Gasteiger partial charge in [0, 0.05) is 36.6 Å². The van der Waals surface area contributed by atoms with Gasteiger partial charge in [-0.05, 0) is 33.7 Å². The number of rotatable bonds is 8. The molecule has 4 aromatic carbocycles. The standard InChI is InChI=1S/C26H25N3O2/c30-25-11-9-19-5-1-3-7-21(19)23(25)17-28-15-13-27-14-16-29-18-24-22-8-4-2-6-20(22)10-12-26(24)31/h1-12,17-18,27,30-31H,13-16H2. The second-order valence-corrected chi connectivity index (χ2v) is 7.26. The van der Waals surface area contributed by atoms with Gasteiger partial charge in [-0.15, -0.1) is 0 Å². The summed E-state index contributed by atoms with van der Waals surface area (Å²) in [6, 6.07) is 23.1. The van der Waals surface area contributed by atoms with Crippen molar-refractivity contribution in [2.75, 3.05) is 26.2 Å². The Kier molecular flexibility index (Phi) is 6.55. The molecule has 0 saturated heterocycles. The summed E-state index contributed by atoms with van der Waals surface area (Å²) in [5.41, 5.74) is 1.50. The van der Waals surface area contributed by atoms with Crippen LogP contribution in [0.5, 0.6) is 11.5 Å². The summed E-state index contributed by atoms with van der Waals surface area (Å²) in [5.74, 6) is 0.475. The number of phenols is 2. The van der Waals surface area contributed by atoms with E-state index in [1.807, 2.05) is 60.7 Å². The van der Waals surface area contributed by atoms with Gasteiger partial charge >= 0.3 is 0 Å². The Morgan fingerprint density at radius 1 is 0.613 bits per heavy atom. The Bertz CT molecular complexity index is 1150. The van der Waals surface area contributed by atoms with Crippen LogP contribution in [-0.2, 0) is 0 Å². The third-order valence-electron chi connectivity index (χ3n) is 5.17. The molecular formula is C26H25N3O2. The predicted octanol–water partition coefficient (Wildman–Crippen LogP) is 4.53. The van der Waals surface area contributed by atoms with E-state index >= 15 is 0 Å². The van der Waals surface area contributed by atoms with Gasteiger partial charge in [0.25, 0.3) is 0 Å². The molecule has 0 bridgehead atoms. The molecule has 156 valence electrons. The molecule has 3 N–H and O–H groups in total. The molecule has 0 unspecified atom stereocenters. The Labute approximate surface area is 181 Å². The Balaban J connectivity index is 1.26. The molecule has 0 amide bonds. The number of hydrogen-bond acceptors (Lipinski definition) is 5. The van der Waals surface area contributed by atoms with Gasteiger partial charge in [0.1, 0.15) is 11.5 Å². The Hall–Kier alpha value is -3.70. The molecule has 0 fully saturated rings. The van der Waals surface area contributed by atoms with Crippen molar-refractivity contribution in [2.24, 2.45) is 9.98 Å². The van der Waals surface area contributed by atoms with Gasteiger partial charge in [-0.2, -0.15) is 0 Å². The highest BCUT2D eigenvalue weighted by atomic mass is 16.3. The van der Waals surface area contributed by atoms with Crippen molar-refractivity contribution in [3.05, 3.63) is 83.9 Å². The van der Waals surface area contributed by atoms with Crippen molar-refractivity contribution in [3.63, 3.8) is 0 Å². The minimum Gasteiger partial charge on any atom is -0.507 e. The van der Waals surface area contributed by atoms with Crippen LogP contribution in [0.3, 0.4) is 0 Å². The number of nitrogens with zero attached hydrogens (tertiary/aromatic N) is 2. The molecule has 0 spiro atoms. The van der Waals surface area contributed by atoms with Gasteiger partial charge in [-0.3, -0.25) is 9.98 Å². The van der Waals surface area contributed by atoms with E-state index in [0.717, 1.165) is 45.8 Å². The molecule has 0 saturated carbocycles. The fourth-order valence-corrected chi connectivity index (χ4v) is 3.56. The van der Waals surface area contributed by atoms with Crippen molar-refractivity contribution in [3.8, 4) is 11.5 Å². The van der Waals surface area contributed by atoms with E-state index in [1.54, 1.807) is 24.6 Å².